The van der Waals surface area contributed by atoms with Gasteiger partial charge in [-0.25, -0.2) is 0 Å². The fourth-order valence-corrected chi connectivity index (χ4v) is 4.52. The van der Waals surface area contributed by atoms with Crippen LogP contribution in [0, 0.1) is 0 Å². The van der Waals surface area contributed by atoms with Crippen molar-refractivity contribution >= 4 is 52.8 Å². The van der Waals surface area contributed by atoms with Crippen LogP contribution in [0.1, 0.15) is 12.0 Å². The zero-order valence-electron chi connectivity index (χ0n) is 8.66. The first-order valence-corrected chi connectivity index (χ1v) is 7.97. The topological polar surface area (TPSA) is 0 Å². The van der Waals surface area contributed by atoms with E-state index in [1.54, 1.807) is 6.07 Å². The van der Waals surface area contributed by atoms with Crippen molar-refractivity contribution in [1.82, 2.24) is 0 Å². The molecule has 16 heavy (non-hydrogen) atoms. The third-order valence-corrected chi connectivity index (χ3v) is 5.65. The first kappa shape index (κ1) is 12.7. The lowest BCUT2D eigenvalue weighted by Gasteiger charge is -2.17. The van der Waals surface area contributed by atoms with Crippen molar-refractivity contribution in [2.75, 3.05) is 11.5 Å². The van der Waals surface area contributed by atoms with Crippen LogP contribution in [0.4, 0.5) is 0 Å². The highest BCUT2D eigenvalue weighted by molar-refractivity contribution is 8.17. The number of thioether (sulfide) groups is 2. The Balaban J connectivity index is 2.04. The molecule has 1 aromatic rings. The standard InChI is InChI=1S/C12H12Cl2S2/c13-10-4-2-9(11(14)8-10)3-5-12-15-6-1-7-16-12/h2-5,8,12H,1,6-7H2/b5-3-. The second-order valence-corrected chi connectivity index (χ2v) is 7.13. The van der Waals surface area contributed by atoms with E-state index in [-0.39, 0.29) is 0 Å². The highest BCUT2D eigenvalue weighted by atomic mass is 35.5. The molecule has 1 aliphatic rings. The summed E-state index contributed by atoms with van der Waals surface area (Å²) in [5, 5.41) is 1.40. The Hall–Kier alpha value is 0.240. The van der Waals surface area contributed by atoms with E-state index >= 15 is 0 Å². The summed E-state index contributed by atoms with van der Waals surface area (Å²) in [5.41, 5.74) is 1.04. The number of rotatable bonds is 2. The second-order valence-electron chi connectivity index (χ2n) is 3.49. The molecule has 0 saturated carbocycles. The van der Waals surface area contributed by atoms with Gasteiger partial charge in [0.05, 0.1) is 4.58 Å². The lowest BCUT2D eigenvalue weighted by Crippen LogP contribution is -2.02. The molecule has 1 aromatic carbocycles. The zero-order chi connectivity index (χ0) is 11.4. The highest BCUT2D eigenvalue weighted by Crippen LogP contribution is 2.32. The van der Waals surface area contributed by atoms with Crippen molar-refractivity contribution < 1.29 is 0 Å². The van der Waals surface area contributed by atoms with Crippen LogP contribution in [-0.2, 0) is 0 Å². The summed E-state index contributed by atoms with van der Waals surface area (Å²) in [6, 6.07) is 5.61. The van der Waals surface area contributed by atoms with Crippen LogP contribution in [0.15, 0.2) is 24.3 Å². The van der Waals surface area contributed by atoms with E-state index in [4.69, 9.17) is 23.2 Å². The van der Waals surface area contributed by atoms with Gasteiger partial charge in [-0.1, -0.05) is 41.4 Å². The predicted molar refractivity (Wildman–Crippen MR) is 78.8 cm³/mol. The van der Waals surface area contributed by atoms with E-state index in [1.807, 2.05) is 35.7 Å². The quantitative estimate of drug-likeness (QED) is 0.734. The number of hydrogen-bond donors (Lipinski definition) is 0. The van der Waals surface area contributed by atoms with Crippen LogP contribution in [-0.4, -0.2) is 16.1 Å². The van der Waals surface area contributed by atoms with Gasteiger partial charge in [0, 0.05) is 10.0 Å². The molecule has 86 valence electrons. The van der Waals surface area contributed by atoms with E-state index < -0.39 is 0 Å². The van der Waals surface area contributed by atoms with E-state index in [2.05, 4.69) is 12.2 Å². The molecule has 0 N–H and O–H groups in total. The van der Waals surface area contributed by atoms with Gasteiger partial charge in [0.1, 0.15) is 0 Å². The molecule has 2 rings (SSSR count). The molecule has 0 atom stereocenters. The summed E-state index contributed by atoms with van der Waals surface area (Å²) in [4.78, 5) is 0. The van der Waals surface area contributed by atoms with Crippen molar-refractivity contribution in [3.8, 4) is 0 Å². The van der Waals surface area contributed by atoms with Crippen molar-refractivity contribution in [3.05, 3.63) is 39.9 Å². The van der Waals surface area contributed by atoms with Crippen molar-refractivity contribution in [1.29, 1.82) is 0 Å². The summed E-state index contributed by atoms with van der Waals surface area (Å²) in [5.74, 6) is 2.52. The van der Waals surface area contributed by atoms with Crippen LogP contribution in [0.2, 0.25) is 10.0 Å². The molecule has 1 saturated heterocycles. The number of hydrogen-bond acceptors (Lipinski definition) is 2. The molecule has 0 spiro atoms. The van der Waals surface area contributed by atoms with Gasteiger partial charge in [0.2, 0.25) is 0 Å². The molecule has 0 amide bonds. The monoisotopic (exact) mass is 290 g/mol. The van der Waals surface area contributed by atoms with Crippen molar-refractivity contribution in [2.24, 2.45) is 0 Å². The van der Waals surface area contributed by atoms with Gasteiger partial charge in [-0.05, 0) is 35.6 Å². The Morgan fingerprint density at radius 1 is 1.19 bits per heavy atom. The SMILES string of the molecule is Clc1ccc(/C=C\C2SCCCS2)c(Cl)c1. The minimum Gasteiger partial charge on any atom is -0.143 e. The Kier molecular flexibility index (Phi) is 4.96. The van der Waals surface area contributed by atoms with E-state index in [9.17, 15) is 0 Å². The third-order valence-electron chi connectivity index (χ3n) is 2.25. The smallest absolute Gasteiger partial charge is 0.0685 e. The molecule has 0 radical (unpaired) electrons. The average Bonchev–Trinajstić information content (AvgIpc) is 2.29. The largest absolute Gasteiger partial charge is 0.143 e. The average molecular weight is 291 g/mol. The first-order valence-electron chi connectivity index (χ1n) is 5.12. The van der Waals surface area contributed by atoms with Crippen molar-refractivity contribution in [2.45, 2.75) is 11.0 Å². The fraction of sp³-hybridized carbons (Fsp3) is 0.333. The maximum atomic E-state index is 6.10. The van der Waals surface area contributed by atoms with E-state index in [0.29, 0.717) is 9.60 Å². The van der Waals surface area contributed by atoms with Crippen molar-refractivity contribution in [3.63, 3.8) is 0 Å². The lowest BCUT2D eigenvalue weighted by molar-refractivity contribution is 1.11. The predicted octanol–water partition coefficient (Wildman–Crippen LogP) is 5.20. The Labute approximate surface area is 115 Å². The van der Waals surface area contributed by atoms with Gasteiger partial charge in [-0.2, -0.15) is 0 Å². The van der Waals surface area contributed by atoms with Crippen LogP contribution >= 0.6 is 46.7 Å². The maximum Gasteiger partial charge on any atom is 0.0685 e. The van der Waals surface area contributed by atoms with Crippen LogP contribution in [0.3, 0.4) is 0 Å². The zero-order valence-corrected chi connectivity index (χ0v) is 11.8. The molecule has 0 bridgehead atoms. The van der Waals surface area contributed by atoms with Crippen LogP contribution in [0.5, 0.6) is 0 Å². The summed E-state index contributed by atoms with van der Waals surface area (Å²) >= 11 is 15.9. The Morgan fingerprint density at radius 2 is 1.94 bits per heavy atom. The number of halogens is 2. The molecule has 4 heteroatoms. The summed E-state index contributed by atoms with van der Waals surface area (Å²) in [6.07, 6.45) is 5.64. The van der Waals surface area contributed by atoms with Gasteiger partial charge in [0.15, 0.2) is 0 Å². The molecule has 1 aliphatic heterocycles. The molecule has 1 fully saturated rings. The molecule has 0 unspecified atom stereocenters. The summed E-state index contributed by atoms with van der Waals surface area (Å²) in [7, 11) is 0. The molecule has 0 aromatic heterocycles. The van der Waals surface area contributed by atoms with E-state index in [1.165, 1.54) is 17.9 Å². The van der Waals surface area contributed by atoms with Gasteiger partial charge in [-0.3, -0.25) is 0 Å². The third kappa shape index (κ3) is 3.63. The van der Waals surface area contributed by atoms with Gasteiger partial charge >= 0.3 is 0 Å². The molecular weight excluding hydrogens is 279 g/mol. The summed E-state index contributed by atoms with van der Waals surface area (Å²) in [6.45, 7) is 0. The van der Waals surface area contributed by atoms with Gasteiger partial charge in [0.25, 0.3) is 0 Å². The molecular formula is C12H12Cl2S2. The Bertz CT molecular complexity index is 385. The maximum absolute atomic E-state index is 6.10. The highest BCUT2D eigenvalue weighted by Gasteiger charge is 2.10. The van der Waals surface area contributed by atoms with Gasteiger partial charge < -0.3 is 0 Å². The first-order chi connectivity index (χ1) is 7.75. The minimum atomic E-state index is 0.570. The molecule has 0 aliphatic carbocycles. The summed E-state index contributed by atoms with van der Waals surface area (Å²) < 4.78 is 0.570. The van der Waals surface area contributed by atoms with Gasteiger partial charge in [-0.15, -0.1) is 23.5 Å². The molecule has 1 heterocycles. The Morgan fingerprint density at radius 3 is 2.62 bits per heavy atom. The minimum absolute atomic E-state index is 0.570. The molecule has 0 nitrogen and oxygen atoms in total. The normalized spacial score (nSPS) is 18.1. The second kappa shape index (κ2) is 6.25. The lowest BCUT2D eigenvalue weighted by atomic mass is 10.2. The van der Waals surface area contributed by atoms with E-state index in [0.717, 1.165) is 10.6 Å². The number of benzene rings is 1. The van der Waals surface area contributed by atoms with Crippen LogP contribution in [0.25, 0.3) is 6.08 Å². The fourth-order valence-electron chi connectivity index (χ4n) is 1.44. The van der Waals surface area contributed by atoms with Crippen LogP contribution < -0.4 is 0 Å².